The molecule has 2 N–H and O–H groups in total. The average molecular weight is 308 g/mol. The Morgan fingerprint density at radius 1 is 1.15 bits per heavy atom. The van der Waals surface area contributed by atoms with Crippen LogP contribution in [0.2, 0.25) is 0 Å². The largest absolute Gasteiger partial charge is 0.383 e. The van der Waals surface area contributed by atoms with E-state index in [1.807, 2.05) is 0 Å². The molecule has 0 heterocycles. The summed E-state index contributed by atoms with van der Waals surface area (Å²) >= 11 is 0. The molecular formula is C12H18F2N2O3S. The number of aryl methyl sites for hydroxylation is 1. The van der Waals surface area contributed by atoms with E-state index in [4.69, 9.17) is 4.74 Å². The summed E-state index contributed by atoms with van der Waals surface area (Å²) in [5.74, 6) is -1.88. The molecule has 5 nitrogen and oxygen atoms in total. The quantitative estimate of drug-likeness (QED) is 0.697. The third-order valence-electron chi connectivity index (χ3n) is 2.58. The third-order valence-corrected chi connectivity index (χ3v) is 4.06. The molecule has 0 aliphatic carbocycles. The molecule has 0 fully saturated rings. The van der Waals surface area contributed by atoms with E-state index in [0.29, 0.717) is 25.8 Å². The predicted molar refractivity (Wildman–Crippen MR) is 71.0 cm³/mol. The highest BCUT2D eigenvalue weighted by molar-refractivity contribution is 7.89. The Kier molecular flexibility index (Phi) is 6.47. The Bertz CT molecular complexity index is 550. The summed E-state index contributed by atoms with van der Waals surface area (Å²) in [5, 5.41) is 2.94. The van der Waals surface area contributed by atoms with Crippen LogP contribution in [-0.2, 0) is 14.8 Å². The number of methoxy groups -OCH3 is 1. The minimum atomic E-state index is -3.99. The van der Waals surface area contributed by atoms with Crippen LogP contribution in [0.1, 0.15) is 5.56 Å². The maximum absolute atomic E-state index is 13.5. The number of halogens is 2. The Labute approximate surface area is 117 Å². The van der Waals surface area contributed by atoms with Gasteiger partial charge in [0, 0.05) is 32.8 Å². The van der Waals surface area contributed by atoms with Crippen LogP contribution in [0.15, 0.2) is 17.0 Å². The van der Waals surface area contributed by atoms with Crippen molar-refractivity contribution in [1.29, 1.82) is 0 Å². The highest BCUT2D eigenvalue weighted by Crippen LogP contribution is 2.18. The fourth-order valence-corrected chi connectivity index (χ4v) is 2.66. The van der Waals surface area contributed by atoms with Crippen molar-refractivity contribution in [2.45, 2.75) is 11.8 Å². The van der Waals surface area contributed by atoms with E-state index in [2.05, 4.69) is 10.0 Å². The number of hydrogen-bond donors (Lipinski definition) is 2. The molecule has 20 heavy (non-hydrogen) atoms. The van der Waals surface area contributed by atoms with Crippen LogP contribution in [-0.4, -0.2) is 41.8 Å². The summed E-state index contributed by atoms with van der Waals surface area (Å²) < 4.78 is 57.4. The van der Waals surface area contributed by atoms with Crippen molar-refractivity contribution in [2.75, 3.05) is 33.4 Å². The van der Waals surface area contributed by atoms with E-state index in [1.54, 1.807) is 7.11 Å². The lowest BCUT2D eigenvalue weighted by Gasteiger charge is -2.09. The van der Waals surface area contributed by atoms with Crippen LogP contribution < -0.4 is 10.0 Å². The van der Waals surface area contributed by atoms with Crippen molar-refractivity contribution < 1.29 is 21.9 Å². The molecule has 1 rings (SSSR count). The molecule has 0 atom stereocenters. The minimum Gasteiger partial charge on any atom is -0.383 e. The molecule has 0 unspecified atom stereocenters. The highest BCUT2D eigenvalue weighted by atomic mass is 32.2. The number of benzene rings is 1. The minimum absolute atomic E-state index is 0.0741. The van der Waals surface area contributed by atoms with Gasteiger partial charge in [-0.3, -0.25) is 0 Å². The molecule has 0 aliphatic heterocycles. The van der Waals surface area contributed by atoms with Crippen LogP contribution in [0.3, 0.4) is 0 Å². The lowest BCUT2D eigenvalue weighted by Crippen LogP contribution is -2.33. The normalized spacial score (nSPS) is 11.8. The molecule has 0 saturated heterocycles. The van der Waals surface area contributed by atoms with Gasteiger partial charge < -0.3 is 10.1 Å². The molecule has 1 aromatic rings. The second-order valence-electron chi connectivity index (χ2n) is 4.17. The number of ether oxygens (including phenoxy) is 1. The molecule has 114 valence electrons. The van der Waals surface area contributed by atoms with Crippen LogP contribution in [0.4, 0.5) is 8.78 Å². The Hall–Kier alpha value is -1.09. The van der Waals surface area contributed by atoms with E-state index in [-0.39, 0.29) is 12.1 Å². The van der Waals surface area contributed by atoms with E-state index in [0.717, 1.165) is 6.07 Å². The fourth-order valence-electron chi connectivity index (χ4n) is 1.49. The maximum Gasteiger partial charge on any atom is 0.243 e. The van der Waals surface area contributed by atoms with Crippen molar-refractivity contribution in [3.8, 4) is 0 Å². The van der Waals surface area contributed by atoms with Crippen molar-refractivity contribution in [3.05, 3.63) is 29.3 Å². The van der Waals surface area contributed by atoms with Gasteiger partial charge in [-0.05, 0) is 18.6 Å². The van der Waals surface area contributed by atoms with E-state index in [9.17, 15) is 17.2 Å². The Morgan fingerprint density at radius 3 is 2.50 bits per heavy atom. The number of rotatable bonds is 8. The zero-order chi connectivity index (χ0) is 15.2. The molecular weight excluding hydrogens is 290 g/mol. The van der Waals surface area contributed by atoms with Gasteiger partial charge in [0.1, 0.15) is 16.5 Å². The van der Waals surface area contributed by atoms with Gasteiger partial charge in [0.2, 0.25) is 10.0 Å². The Morgan fingerprint density at radius 2 is 1.85 bits per heavy atom. The van der Waals surface area contributed by atoms with Gasteiger partial charge in [0.15, 0.2) is 0 Å². The molecule has 0 aliphatic rings. The van der Waals surface area contributed by atoms with Crippen molar-refractivity contribution in [3.63, 3.8) is 0 Å². The average Bonchev–Trinajstić information content (AvgIpc) is 2.37. The van der Waals surface area contributed by atoms with Gasteiger partial charge in [-0.15, -0.1) is 0 Å². The highest BCUT2D eigenvalue weighted by Gasteiger charge is 2.20. The zero-order valence-corrected chi connectivity index (χ0v) is 12.2. The van der Waals surface area contributed by atoms with Gasteiger partial charge in [0.05, 0.1) is 6.61 Å². The summed E-state index contributed by atoms with van der Waals surface area (Å²) in [6.07, 6.45) is 0. The van der Waals surface area contributed by atoms with Crippen LogP contribution in [0, 0.1) is 18.6 Å². The summed E-state index contributed by atoms with van der Waals surface area (Å²) in [6, 6.07) is 1.55. The van der Waals surface area contributed by atoms with Crippen LogP contribution in [0.25, 0.3) is 0 Å². The van der Waals surface area contributed by atoms with Crippen molar-refractivity contribution in [1.82, 2.24) is 10.0 Å². The number of hydrogen-bond acceptors (Lipinski definition) is 4. The first-order valence-corrected chi connectivity index (χ1v) is 7.51. The second kappa shape index (κ2) is 7.63. The van der Waals surface area contributed by atoms with E-state index >= 15 is 0 Å². The first kappa shape index (κ1) is 17.0. The standard InChI is InChI=1S/C12H18F2N2O3S/c1-9-7-12(11(14)8-10(9)13)20(17,18)16-4-3-15-5-6-19-2/h7-8,15-16H,3-6H2,1-2H3. The first-order chi connectivity index (χ1) is 9.38. The van der Waals surface area contributed by atoms with Gasteiger partial charge in [0.25, 0.3) is 0 Å². The summed E-state index contributed by atoms with van der Waals surface area (Å²) in [7, 11) is -2.43. The lowest BCUT2D eigenvalue weighted by molar-refractivity contribution is 0.199. The van der Waals surface area contributed by atoms with Gasteiger partial charge in [-0.25, -0.2) is 21.9 Å². The van der Waals surface area contributed by atoms with Gasteiger partial charge in [-0.1, -0.05) is 0 Å². The molecule has 0 aromatic heterocycles. The van der Waals surface area contributed by atoms with Crippen molar-refractivity contribution in [2.24, 2.45) is 0 Å². The molecule has 0 spiro atoms. The Balaban J connectivity index is 2.63. The van der Waals surface area contributed by atoms with Gasteiger partial charge >= 0.3 is 0 Å². The molecule has 0 radical (unpaired) electrons. The maximum atomic E-state index is 13.5. The molecule has 0 saturated carbocycles. The zero-order valence-electron chi connectivity index (χ0n) is 11.4. The van der Waals surface area contributed by atoms with Crippen LogP contribution >= 0.6 is 0 Å². The lowest BCUT2D eigenvalue weighted by atomic mass is 10.2. The number of sulfonamides is 1. The smallest absolute Gasteiger partial charge is 0.243 e. The first-order valence-electron chi connectivity index (χ1n) is 6.03. The van der Waals surface area contributed by atoms with Crippen LogP contribution in [0.5, 0.6) is 0 Å². The summed E-state index contributed by atoms with van der Waals surface area (Å²) in [6.45, 7) is 2.95. The van der Waals surface area contributed by atoms with Gasteiger partial charge in [-0.2, -0.15) is 0 Å². The van der Waals surface area contributed by atoms with Crippen molar-refractivity contribution >= 4 is 10.0 Å². The molecule has 8 heteroatoms. The predicted octanol–water partition coefficient (Wildman–Crippen LogP) is 0.788. The number of nitrogens with one attached hydrogen (secondary N) is 2. The SMILES string of the molecule is COCCNCCNS(=O)(=O)c1cc(C)c(F)cc1F. The van der Waals surface area contributed by atoms with E-state index in [1.165, 1.54) is 6.92 Å². The van der Waals surface area contributed by atoms with E-state index < -0.39 is 26.6 Å². The monoisotopic (exact) mass is 308 g/mol. The topological polar surface area (TPSA) is 67.4 Å². The molecule has 0 bridgehead atoms. The summed E-state index contributed by atoms with van der Waals surface area (Å²) in [5.41, 5.74) is 0.0741. The summed E-state index contributed by atoms with van der Waals surface area (Å²) in [4.78, 5) is -0.548. The molecule has 0 amide bonds. The second-order valence-corrected chi connectivity index (χ2v) is 5.91. The third kappa shape index (κ3) is 4.78. The molecule has 1 aromatic carbocycles. The fraction of sp³-hybridized carbons (Fsp3) is 0.500.